The Balaban J connectivity index is 0.00000272. The van der Waals surface area contributed by atoms with Crippen LogP contribution in [0.2, 0.25) is 0 Å². The largest absolute Gasteiger partial charge is 0.493 e. The molecule has 0 atom stereocenters. The fraction of sp³-hybridized carbons (Fsp3) is 0.423. The Kier molecular flexibility index (Phi) is 8.56. The average molecular weight is 441 g/mol. The summed E-state index contributed by atoms with van der Waals surface area (Å²) in [6, 6.07) is 15.5. The van der Waals surface area contributed by atoms with Crippen LogP contribution >= 0.6 is 12.4 Å². The van der Waals surface area contributed by atoms with Crippen molar-refractivity contribution in [1.82, 2.24) is 9.80 Å². The van der Waals surface area contributed by atoms with Crippen LogP contribution in [0.3, 0.4) is 0 Å². The van der Waals surface area contributed by atoms with Gasteiger partial charge in [-0.1, -0.05) is 36.9 Å². The number of fused-ring (bicyclic) bond motifs is 1. The lowest BCUT2D eigenvalue weighted by Crippen LogP contribution is -2.47. The first kappa shape index (κ1) is 23.4. The van der Waals surface area contributed by atoms with Crippen molar-refractivity contribution in [2.45, 2.75) is 38.6 Å². The van der Waals surface area contributed by atoms with E-state index >= 15 is 0 Å². The number of ether oxygens (including phenoxy) is 1. The summed E-state index contributed by atoms with van der Waals surface area (Å²) in [5, 5.41) is 0. The molecule has 31 heavy (non-hydrogen) atoms. The zero-order valence-corrected chi connectivity index (χ0v) is 19.0. The van der Waals surface area contributed by atoms with E-state index in [9.17, 15) is 4.79 Å². The molecule has 4 rings (SSSR count). The highest BCUT2D eigenvalue weighted by Gasteiger charge is 2.19. The Hall–Kier alpha value is -2.30. The van der Waals surface area contributed by atoms with Gasteiger partial charge >= 0.3 is 0 Å². The highest BCUT2D eigenvalue weighted by molar-refractivity contribution is 5.87. The molecule has 0 unspecified atom stereocenters. The number of nitrogens with zero attached hydrogens (tertiary/aromatic N) is 2. The van der Waals surface area contributed by atoms with Crippen LogP contribution in [-0.4, -0.2) is 48.5 Å². The van der Waals surface area contributed by atoms with Gasteiger partial charge in [-0.15, -0.1) is 12.4 Å². The van der Waals surface area contributed by atoms with Crippen molar-refractivity contribution >= 4 is 18.3 Å². The topological polar surface area (TPSA) is 32.8 Å². The monoisotopic (exact) mass is 440 g/mol. The first-order valence-electron chi connectivity index (χ1n) is 11.2. The van der Waals surface area contributed by atoms with E-state index in [4.69, 9.17) is 4.74 Å². The van der Waals surface area contributed by atoms with E-state index in [0.717, 1.165) is 44.9 Å². The summed E-state index contributed by atoms with van der Waals surface area (Å²) in [5.74, 6) is 1.04. The fourth-order valence-corrected chi connectivity index (χ4v) is 4.41. The molecule has 0 spiro atoms. The van der Waals surface area contributed by atoms with E-state index in [-0.39, 0.29) is 18.3 Å². The van der Waals surface area contributed by atoms with Gasteiger partial charge < -0.3 is 9.64 Å². The molecule has 1 fully saturated rings. The van der Waals surface area contributed by atoms with Gasteiger partial charge in [0.2, 0.25) is 5.91 Å². The van der Waals surface area contributed by atoms with Crippen molar-refractivity contribution in [3.05, 3.63) is 77.4 Å². The summed E-state index contributed by atoms with van der Waals surface area (Å²) in [5.41, 5.74) is 5.59. The quantitative estimate of drug-likeness (QED) is 0.597. The van der Waals surface area contributed by atoms with Gasteiger partial charge in [-0.25, -0.2) is 0 Å². The molecule has 0 N–H and O–H groups in total. The van der Waals surface area contributed by atoms with Crippen molar-refractivity contribution < 1.29 is 9.53 Å². The lowest BCUT2D eigenvalue weighted by molar-refractivity contribution is -0.127. The molecule has 0 radical (unpaired) electrons. The van der Waals surface area contributed by atoms with E-state index in [1.165, 1.54) is 54.0 Å². The minimum atomic E-state index is 0. The van der Waals surface area contributed by atoms with E-state index < -0.39 is 0 Å². The molecular weight excluding hydrogens is 408 g/mol. The van der Waals surface area contributed by atoms with Gasteiger partial charge in [0.15, 0.2) is 0 Å². The highest BCUT2D eigenvalue weighted by atomic mass is 35.5. The smallest absolute Gasteiger partial charge is 0.246 e. The number of carbonyl (C=O) groups excluding carboxylic acids is 1. The SMILES string of the molecule is C=CC(=O)N1CCN(Cc2ccc(CCOc3ccc4c(c3)CCCC4)cc2)CC1.Cl. The van der Waals surface area contributed by atoms with Gasteiger partial charge in [0.1, 0.15) is 5.75 Å². The summed E-state index contributed by atoms with van der Waals surface area (Å²) in [4.78, 5) is 16.0. The molecular formula is C26H33ClN2O2. The van der Waals surface area contributed by atoms with Crippen molar-refractivity contribution in [1.29, 1.82) is 0 Å². The number of aryl methyl sites for hydroxylation is 2. The standard InChI is InChI=1S/C26H32N2O2.ClH/c1-2-26(29)28-16-14-27(15-17-28)20-22-9-7-21(8-10-22)13-18-30-25-12-11-23-5-3-4-6-24(23)19-25;/h2,7-12,19H,1,3-6,13-18,20H2;1H. The third-order valence-corrected chi connectivity index (χ3v) is 6.27. The van der Waals surface area contributed by atoms with Gasteiger partial charge in [-0.05, 0) is 66.1 Å². The summed E-state index contributed by atoms with van der Waals surface area (Å²) >= 11 is 0. The van der Waals surface area contributed by atoms with Crippen LogP contribution in [0.25, 0.3) is 0 Å². The third kappa shape index (κ3) is 6.34. The molecule has 1 aliphatic carbocycles. The van der Waals surface area contributed by atoms with E-state index in [0.29, 0.717) is 6.61 Å². The molecule has 0 bridgehead atoms. The molecule has 2 aromatic rings. The third-order valence-electron chi connectivity index (χ3n) is 6.27. The summed E-state index contributed by atoms with van der Waals surface area (Å²) in [6.07, 6.45) is 7.33. The maximum atomic E-state index is 11.7. The summed E-state index contributed by atoms with van der Waals surface area (Å²) in [7, 11) is 0. The molecule has 2 aliphatic rings. The fourth-order valence-electron chi connectivity index (χ4n) is 4.41. The molecule has 1 amide bonds. The van der Waals surface area contributed by atoms with E-state index in [1.807, 2.05) is 4.90 Å². The number of benzene rings is 2. The van der Waals surface area contributed by atoms with E-state index in [1.54, 1.807) is 0 Å². The number of hydrogen-bond acceptors (Lipinski definition) is 3. The molecule has 0 aromatic heterocycles. The Bertz CT molecular complexity index is 873. The van der Waals surface area contributed by atoms with Crippen LogP contribution < -0.4 is 4.74 Å². The lowest BCUT2D eigenvalue weighted by Gasteiger charge is -2.34. The van der Waals surface area contributed by atoms with Gasteiger partial charge in [0.05, 0.1) is 6.61 Å². The van der Waals surface area contributed by atoms with Gasteiger partial charge in [0, 0.05) is 39.1 Å². The predicted octanol–water partition coefficient (Wildman–Crippen LogP) is 4.44. The molecule has 1 saturated heterocycles. The predicted molar refractivity (Wildman–Crippen MR) is 128 cm³/mol. The van der Waals surface area contributed by atoms with Crippen molar-refractivity contribution in [2.24, 2.45) is 0 Å². The Morgan fingerprint density at radius 1 is 0.935 bits per heavy atom. The number of piperazine rings is 1. The number of rotatable bonds is 7. The maximum absolute atomic E-state index is 11.7. The Morgan fingerprint density at radius 3 is 2.32 bits per heavy atom. The van der Waals surface area contributed by atoms with Crippen LogP contribution in [0, 0.1) is 0 Å². The molecule has 166 valence electrons. The Morgan fingerprint density at radius 2 is 1.61 bits per heavy atom. The van der Waals surface area contributed by atoms with Crippen LogP contribution in [-0.2, 0) is 30.6 Å². The highest BCUT2D eigenvalue weighted by Crippen LogP contribution is 2.25. The van der Waals surface area contributed by atoms with Crippen molar-refractivity contribution in [2.75, 3.05) is 32.8 Å². The van der Waals surface area contributed by atoms with Crippen molar-refractivity contribution in [3.8, 4) is 5.75 Å². The van der Waals surface area contributed by atoms with Crippen molar-refractivity contribution in [3.63, 3.8) is 0 Å². The molecule has 5 heteroatoms. The zero-order chi connectivity index (χ0) is 20.8. The molecule has 2 aromatic carbocycles. The molecule has 1 aliphatic heterocycles. The normalized spacial score (nSPS) is 16.2. The summed E-state index contributed by atoms with van der Waals surface area (Å²) in [6.45, 7) is 8.60. The summed E-state index contributed by atoms with van der Waals surface area (Å²) < 4.78 is 6.02. The van der Waals surface area contributed by atoms with Crippen LogP contribution in [0.1, 0.15) is 35.1 Å². The van der Waals surface area contributed by atoms with Crippen LogP contribution in [0.15, 0.2) is 55.1 Å². The average Bonchev–Trinajstić information content (AvgIpc) is 2.80. The minimum absolute atomic E-state index is 0. The van der Waals surface area contributed by atoms with E-state index in [2.05, 4.69) is 53.9 Å². The first-order valence-corrected chi connectivity index (χ1v) is 11.2. The minimum Gasteiger partial charge on any atom is -0.493 e. The maximum Gasteiger partial charge on any atom is 0.246 e. The number of carbonyl (C=O) groups is 1. The zero-order valence-electron chi connectivity index (χ0n) is 18.2. The first-order chi connectivity index (χ1) is 14.7. The number of halogens is 1. The van der Waals surface area contributed by atoms with Gasteiger partial charge in [-0.2, -0.15) is 0 Å². The number of hydrogen-bond donors (Lipinski definition) is 0. The second-order valence-corrected chi connectivity index (χ2v) is 8.36. The molecule has 4 nitrogen and oxygen atoms in total. The van der Waals surface area contributed by atoms with Gasteiger partial charge in [0.25, 0.3) is 0 Å². The lowest BCUT2D eigenvalue weighted by atomic mass is 9.92. The second-order valence-electron chi connectivity index (χ2n) is 8.36. The van der Waals surface area contributed by atoms with Gasteiger partial charge in [-0.3, -0.25) is 9.69 Å². The van der Waals surface area contributed by atoms with Crippen LogP contribution in [0.5, 0.6) is 5.75 Å². The second kappa shape index (κ2) is 11.4. The number of amides is 1. The van der Waals surface area contributed by atoms with Crippen LogP contribution in [0.4, 0.5) is 0 Å². The molecule has 1 heterocycles. The molecule has 0 saturated carbocycles. The Labute approximate surface area is 192 Å².